The van der Waals surface area contributed by atoms with Crippen LogP contribution in [0.25, 0.3) is 0 Å². The van der Waals surface area contributed by atoms with Gasteiger partial charge in [0.05, 0.1) is 0 Å². The van der Waals surface area contributed by atoms with Crippen LogP contribution in [0, 0.1) is 0 Å². The van der Waals surface area contributed by atoms with Crippen LogP contribution >= 0.6 is 0 Å². The van der Waals surface area contributed by atoms with E-state index in [0.29, 0.717) is 6.04 Å². The van der Waals surface area contributed by atoms with Crippen molar-refractivity contribution in [2.45, 2.75) is 51.0 Å². The summed E-state index contributed by atoms with van der Waals surface area (Å²) >= 11 is 0. The minimum atomic E-state index is -0.00989. The van der Waals surface area contributed by atoms with Gasteiger partial charge in [-0.3, -0.25) is 0 Å². The normalized spacial score (nSPS) is 17.1. The van der Waals surface area contributed by atoms with Crippen LogP contribution in [0.3, 0.4) is 0 Å². The molecule has 0 aliphatic heterocycles. The average molecular weight is 228 g/mol. The zero-order valence-electron chi connectivity index (χ0n) is 10.3. The second-order valence-electron chi connectivity index (χ2n) is 4.44. The predicted octanol–water partition coefficient (Wildman–Crippen LogP) is 2.04. The Morgan fingerprint density at radius 2 is 2.00 bits per heavy atom. The highest BCUT2D eigenvalue weighted by molar-refractivity contribution is 5.74. The minimum absolute atomic E-state index is 0.00989. The molecule has 0 spiro atoms. The molecule has 4 heteroatoms. The van der Waals surface area contributed by atoms with Crippen LogP contribution in [0.5, 0.6) is 0 Å². The molecule has 1 aliphatic carbocycles. The molecule has 94 valence electrons. The van der Waals surface area contributed by atoms with Crippen LogP contribution in [0.1, 0.15) is 44.9 Å². The molecule has 1 rings (SSSR count). The van der Waals surface area contributed by atoms with Gasteiger partial charge >= 0.3 is 6.03 Å². The van der Waals surface area contributed by atoms with Crippen molar-refractivity contribution >= 4 is 6.03 Å². The number of hydrogen-bond acceptors (Lipinski definition) is 2. The van der Waals surface area contributed by atoms with Crippen molar-refractivity contribution < 1.29 is 9.53 Å². The lowest BCUT2D eigenvalue weighted by Gasteiger charge is -2.22. The van der Waals surface area contributed by atoms with Gasteiger partial charge in [-0.15, -0.1) is 0 Å². The van der Waals surface area contributed by atoms with Crippen molar-refractivity contribution in [1.29, 1.82) is 0 Å². The molecule has 16 heavy (non-hydrogen) atoms. The van der Waals surface area contributed by atoms with Gasteiger partial charge in [0.2, 0.25) is 0 Å². The van der Waals surface area contributed by atoms with Gasteiger partial charge in [-0.1, -0.05) is 19.3 Å². The van der Waals surface area contributed by atoms with Crippen molar-refractivity contribution in [3.8, 4) is 0 Å². The molecule has 1 aliphatic rings. The van der Waals surface area contributed by atoms with Crippen LogP contribution < -0.4 is 10.6 Å². The van der Waals surface area contributed by atoms with Crippen LogP contribution in [0.4, 0.5) is 4.79 Å². The highest BCUT2D eigenvalue weighted by Crippen LogP contribution is 2.16. The molecule has 0 bridgehead atoms. The Hall–Kier alpha value is -0.770. The topological polar surface area (TPSA) is 50.4 Å². The third kappa shape index (κ3) is 5.95. The summed E-state index contributed by atoms with van der Waals surface area (Å²) < 4.78 is 4.94. The maximum atomic E-state index is 11.5. The number of urea groups is 1. The van der Waals surface area contributed by atoms with Gasteiger partial charge in [-0.2, -0.15) is 0 Å². The Labute approximate surface area is 98.1 Å². The number of carbonyl (C=O) groups is 1. The molecule has 2 N–H and O–H groups in total. The van der Waals surface area contributed by atoms with E-state index in [1.54, 1.807) is 7.11 Å². The second kappa shape index (κ2) is 8.39. The quantitative estimate of drug-likeness (QED) is 0.684. The third-order valence-corrected chi connectivity index (χ3v) is 3.00. The van der Waals surface area contributed by atoms with Crippen molar-refractivity contribution in [3.63, 3.8) is 0 Å². The van der Waals surface area contributed by atoms with E-state index < -0.39 is 0 Å². The van der Waals surface area contributed by atoms with Gasteiger partial charge in [-0.05, 0) is 25.7 Å². The third-order valence-electron chi connectivity index (χ3n) is 3.00. The first kappa shape index (κ1) is 13.3. The zero-order chi connectivity index (χ0) is 11.6. The molecule has 0 aromatic heterocycles. The SMILES string of the molecule is COCCCCNC(=O)NC1CCCCC1. The molecule has 1 saturated carbocycles. The van der Waals surface area contributed by atoms with Gasteiger partial charge in [0, 0.05) is 26.3 Å². The number of carbonyl (C=O) groups excluding carboxylic acids is 1. The van der Waals surface area contributed by atoms with Crippen LogP contribution in [-0.4, -0.2) is 32.3 Å². The Bertz CT molecular complexity index is 191. The molecule has 0 saturated heterocycles. The van der Waals surface area contributed by atoms with Gasteiger partial charge in [0.25, 0.3) is 0 Å². The van der Waals surface area contributed by atoms with Crippen molar-refractivity contribution in [2.24, 2.45) is 0 Å². The first-order chi connectivity index (χ1) is 7.83. The smallest absolute Gasteiger partial charge is 0.315 e. The van der Waals surface area contributed by atoms with E-state index in [9.17, 15) is 4.79 Å². The van der Waals surface area contributed by atoms with E-state index >= 15 is 0 Å². The molecule has 0 aromatic carbocycles. The van der Waals surface area contributed by atoms with Crippen molar-refractivity contribution in [3.05, 3.63) is 0 Å². The summed E-state index contributed by atoms with van der Waals surface area (Å²) in [6.07, 6.45) is 8.06. The molecule has 0 atom stereocenters. The monoisotopic (exact) mass is 228 g/mol. The number of ether oxygens (including phenoxy) is 1. The second-order valence-corrected chi connectivity index (χ2v) is 4.44. The fourth-order valence-corrected chi connectivity index (χ4v) is 2.06. The predicted molar refractivity (Wildman–Crippen MR) is 64.5 cm³/mol. The summed E-state index contributed by atoms with van der Waals surface area (Å²) in [4.78, 5) is 11.5. The van der Waals surface area contributed by atoms with Gasteiger partial charge < -0.3 is 15.4 Å². The number of unbranched alkanes of at least 4 members (excludes halogenated alkanes) is 1. The molecular formula is C12H24N2O2. The lowest BCUT2D eigenvalue weighted by Crippen LogP contribution is -2.43. The Balaban J connectivity index is 1.97. The molecule has 4 nitrogen and oxygen atoms in total. The van der Waals surface area contributed by atoms with E-state index in [4.69, 9.17) is 4.74 Å². The number of rotatable bonds is 6. The Kier molecular flexibility index (Phi) is 6.97. The molecule has 1 fully saturated rings. The minimum Gasteiger partial charge on any atom is -0.385 e. The molecule has 0 radical (unpaired) electrons. The summed E-state index contributed by atoms with van der Waals surface area (Å²) in [6, 6.07) is 0.386. The average Bonchev–Trinajstić information content (AvgIpc) is 2.30. The zero-order valence-corrected chi connectivity index (χ0v) is 10.3. The maximum Gasteiger partial charge on any atom is 0.315 e. The van der Waals surface area contributed by atoms with E-state index in [-0.39, 0.29) is 6.03 Å². The highest BCUT2D eigenvalue weighted by Gasteiger charge is 2.14. The number of hydrogen-bond donors (Lipinski definition) is 2. The molecule has 2 amide bonds. The number of methoxy groups -OCH3 is 1. The maximum absolute atomic E-state index is 11.5. The molecule has 0 aromatic rings. The number of amides is 2. The van der Waals surface area contributed by atoms with Crippen LogP contribution in [0.15, 0.2) is 0 Å². The van der Waals surface area contributed by atoms with E-state index in [1.165, 1.54) is 19.3 Å². The van der Waals surface area contributed by atoms with Gasteiger partial charge in [0.1, 0.15) is 0 Å². The van der Waals surface area contributed by atoms with E-state index in [1.807, 2.05) is 0 Å². The lowest BCUT2D eigenvalue weighted by molar-refractivity contribution is 0.192. The first-order valence-corrected chi connectivity index (χ1v) is 6.36. The van der Waals surface area contributed by atoms with E-state index in [0.717, 1.165) is 38.8 Å². The Morgan fingerprint density at radius 1 is 1.25 bits per heavy atom. The van der Waals surface area contributed by atoms with Crippen LogP contribution in [-0.2, 0) is 4.74 Å². The summed E-state index contributed by atoms with van der Waals surface area (Å²) in [6.45, 7) is 1.51. The summed E-state index contributed by atoms with van der Waals surface area (Å²) in [7, 11) is 1.70. The first-order valence-electron chi connectivity index (χ1n) is 6.36. The van der Waals surface area contributed by atoms with E-state index in [2.05, 4.69) is 10.6 Å². The van der Waals surface area contributed by atoms with Crippen molar-refractivity contribution in [2.75, 3.05) is 20.3 Å². The summed E-state index contributed by atoms with van der Waals surface area (Å²) in [5.41, 5.74) is 0. The molecule has 0 unspecified atom stereocenters. The number of nitrogens with one attached hydrogen (secondary N) is 2. The largest absolute Gasteiger partial charge is 0.385 e. The highest BCUT2D eigenvalue weighted by atomic mass is 16.5. The van der Waals surface area contributed by atoms with Gasteiger partial charge in [0.15, 0.2) is 0 Å². The Morgan fingerprint density at radius 3 is 2.69 bits per heavy atom. The lowest BCUT2D eigenvalue weighted by atomic mass is 9.96. The van der Waals surface area contributed by atoms with Crippen LogP contribution in [0.2, 0.25) is 0 Å². The van der Waals surface area contributed by atoms with Crippen molar-refractivity contribution in [1.82, 2.24) is 10.6 Å². The fraction of sp³-hybridized carbons (Fsp3) is 0.917. The van der Waals surface area contributed by atoms with Gasteiger partial charge in [-0.25, -0.2) is 4.79 Å². The summed E-state index contributed by atoms with van der Waals surface area (Å²) in [5, 5.41) is 5.91. The fourth-order valence-electron chi connectivity index (χ4n) is 2.06. The molecule has 0 heterocycles. The molecular weight excluding hydrogens is 204 g/mol. The standard InChI is InChI=1S/C12H24N2O2/c1-16-10-6-5-9-13-12(15)14-11-7-3-2-4-8-11/h11H,2-10H2,1H3,(H2,13,14,15). The summed E-state index contributed by atoms with van der Waals surface area (Å²) in [5.74, 6) is 0.